The van der Waals surface area contributed by atoms with Crippen molar-refractivity contribution >= 4 is 5.82 Å². The van der Waals surface area contributed by atoms with Crippen LogP contribution < -0.4 is 5.73 Å². The summed E-state index contributed by atoms with van der Waals surface area (Å²) in [7, 11) is 0. The van der Waals surface area contributed by atoms with Gasteiger partial charge in [-0.2, -0.15) is 10.1 Å². The lowest BCUT2D eigenvalue weighted by Crippen LogP contribution is -2.30. The second-order valence-corrected chi connectivity index (χ2v) is 7.03. The van der Waals surface area contributed by atoms with Crippen LogP contribution in [0.15, 0.2) is 53.6 Å². The Morgan fingerprint density at radius 1 is 1.07 bits per heavy atom. The van der Waals surface area contributed by atoms with Crippen LogP contribution in [0, 0.1) is 0 Å². The van der Waals surface area contributed by atoms with E-state index in [4.69, 9.17) is 15.0 Å². The predicted octanol–water partition coefficient (Wildman–Crippen LogP) is 2.70. The van der Waals surface area contributed by atoms with Crippen molar-refractivity contribution in [3.63, 3.8) is 0 Å². The van der Waals surface area contributed by atoms with Crippen molar-refractivity contribution in [3.05, 3.63) is 60.4 Å². The minimum atomic E-state index is -0.0614. The molecule has 5 heterocycles. The van der Waals surface area contributed by atoms with Gasteiger partial charge in [0.2, 0.25) is 0 Å². The van der Waals surface area contributed by atoms with Gasteiger partial charge in [0, 0.05) is 30.1 Å². The monoisotopic (exact) mass is 389 g/mol. The topological polar surface area (TPSA) is 118 Å². The summed E-state index contributed by atoms with van der Waals surface area (Å²) in [5.74, 6) is 1.48. The van der Waals surface area contributed by atoms with Gasteiger partial charge in [-0.1, -0.05) is 18.1 Å². The van der Waals surface area contributed by atoms with Crippen LogP contribution in [0.4, 0.5) is 5.82 Å². The summed E-state index contributed by atoms with van der Waals surface area (Å²) in [6.07, 6.45) is 7.17. The number of aromatic nitrogens is 6. The van der Waals surface area contributed by atoms with E-state index in [0.29, 0.717) is 30.7 Å². The predicted molar refractivity (Wildman–Crippen MR) is 105 cm³/mol. The van der Waals surface area contributed by atoms with Crippen LogP contribution in [0.25, 0.3) is 22.7 Å². The zero-order valence-electron chi connectivity index (χ0n) is 15.8. The molecule has 1 saturated heterocycles. The van der Waals surface area contributed by atoms with E-state index in [1.165, 1.54) is 0 Å². The smallest absolute Gasteiger partial charge is 0.261 e. The second kappa shape index (κ2) is 7.10. The van der Waals surface area contributed by atoms with Gasteiger partial charge in [-0.3, -0.25) is 9.67 Å². The number of hydrogen-bond donors (Lipinski definition) is 1. The van der Waals surface area contributed by atoms with Crippen LogP contribution in [0.1, 0.15) is 30.3 Å². The van der Waals surface area contributed by atoms with Gasteiger partial charge in [0.15, 0.2) is 5.82 Å². The average molecular weight is 389 g/mol. The number of hydrogen-bond acceptors (Lipinski definition) is 8. The average Bonchev–Trinajstić information content (AvgIpc) is 3.37. The number of anilines is 1. The molecule has 0 spiro atoms. The minimum absolute atomic E-state index is 0.0614. The molecule has 5 rings (SSSR count). The van der Waals surface area contributed by atoms with E-state index in [0.717, 1.165) is 22.4 Å². The van der Waals surface area contributed by atoms with E-state index >= 15 is 0 Å². The standard InChI is InChI=1S/C20H19N7O2/c1-12(13-2-4-17(22-6-13)14-3-5-18(21)23-7-14)19-25-20(29-26-19)15-8-24-27(9-15)16-10-28-11-16/h2-9,12,16H,10-11H2,1H3,(H2,21,23). The lowest BCUT2D eigenvalue weighted by atomic mass is 10.0. The van der Waals surface area contributed by atoms with E-state index in [-0.39, 0.29) is 12.0 Å². The molecule has 29 heavy (non-hydrogen) atoms. The van der Waals surface area contributed by atoms with E-state index in [1.54, 1.807) is 18.5 Å². The summed E-state index contributed by atoms with van der Waals surface area (Å²) < 4.78 is 12.5. The van der Waals surface area contributed by atoms with E-state index in [2.05, 4.69) is 25.2 Å². The maximum Gasteiger partial charge on any atom is 0.261 e. The molecule has 2 N–H and O–H groups in total. The van der Waals surface area contributed by atoms with Crippen LogP contribution in [-0.4, -0.2) is 43.1 Å². The minimum Gasteiger partial charge on any atom is -0.384 e. The highest BCUT2D eigenvalue weighted by molar-refractivity contribution is 5.59. The van der Waals surface area contributed by atoms with Crippen LogP contribution in [-0.2, 0) is 4.74 Å². The van der Waals surface area contributed by atoms with Crippen LogP contribution in [0.3, 0.4) is 0 Å². The van der Waals surface area contributed by atoms with Gasteiger partial charge < -0.3 is 15.0 Å². The molecule has 0 bridgehead atoms. The molecule has 146 valence electrons. The summed E-state index contributed by atoms with van der Waals surface area (Å²) in [5.41, 5.74) is 9.17. The first kappa shape index (κ1) is 17.5. The number of nitrogens with zero attached hydrogens (tertiary/aromatic N) is 6. The molecule has 1 aliphatic heterocycles. The molecule has 9 heteroatoms. The number of pyridine rings is 2. The Bertz CT molecular complexity index is 1110. The highest BCUT2D eigenvalue weighted by atomic mass is 16.5. The van der Waals surface area contributed by atoms with Crippen molar-refractivity contribution in [3.8, 4) is 22.7 Å². The van der Waals surface area contributed by atoms with Crippen LogP contribution >= 0.6 is 0 Å². The summed E-state index contributed by atoms with van der Waals surface area (Å²) in [4.78, 5) is 13.2. The van der Waals surface area contributed by atoms with E-state index in [9.17, 15) is 0 Å². The number of nitrogen functional groups attached to an aromatic ring is 1. The van der Waals surface area contributed by atoms with Gasteiger partial charge in [-0.15, -0.1) is 0 Å². The number of rotatable bonds is 5. The molecule has 1 fully saturated rings. The molecular weight excluding hydrogens is 370 g/mol. The Labute approximate surface area is 166 Å². The van der Waals surface area contributed by atoms with Crippen LogP contribution in [0.2, 0.25) is 0 Å². The van der Waals surface area contributed by atoms with Crippen molar-refractivity contribution in [2.45, 2.75) is 18.9 Å². The Kier molecular flexibility index (Phi) is 4.28. The lowest BCUT2D eigenvalue weighted by molar-refractivity contribution is -0.0286. The van der Waals surface area contributed by atoms with Gasteiger partial charge in [-0.05, 0) is 23.8 Å². The second-order valence-electron chi connectivity index (χ2n) is 7.03. The summed E-state index contributed by atoms with van der Waals surface area (Å²) in [6.45, 7) is 3.39. The van der Waals surface area contributed by atoms with Gasteiger partial charge >= 0.3 is 0 Å². The third kappa shape index (κ3) is 3.36. The van der Waals surface area contributed by atoms with Gasteiger partial charge in [-0.25, -0.2) is 4.98 Å². The molecule has 0 amide bonds. The first-order valence-corrected chi connectivity index (χ1v) is 9.31. The quantitative estimate of drug-likeness (QED) is 0.553. The lowest BCUT2D eigenvalue weighted by Gasteiger charge is -2.25. The molecule has 1 unspecified atom stereocenters. The molecule has 4 aromatic heterocycles. The normalized spacial score (nSPS) is 15.2. The molecule has 1 atom stereocenters. The molecule has 0 aliphatic carbocycles. The van der Waals surface area contributed by atoms with Crippen LogP contribution in [0.5, 0.6) is 0 Å². The Morgan fingerprint density at radius 2 is 1.97 bits per heavy atom. The van der Waals surface area contributed by atoms with Crippen molar-refractivity contribution < 1.29 is 9.26 Å². The Balaban J connectivity index is 1.33. The van der Waals surface area contributed by atoms with Crippen molar-refractivity contribution in [1.82, 2.24) is 29.9 Å². The largest absolute Gasteiger partial charge is 0.384 e. The number of nitrogens with two attached hydrogens (primary N) is 1. The van der Waals surface area contributed by atoms with E-state index in [1.807, 2.05) is 42.2 Å². The fourth-order valence-electron chi connectivity index (χ4n) is 3.09. The van der Waals surface area contributed by atoms with Crippen molar-refractivity contribution in [2.24, 2.45) is 0 Å². The Morgan fingerprint density at radius 3 is 2.66 bits per heavy atom. The highest BCUT2D eigenvalue weighted by Crippen LogP contribution is 2.27. The van der Waals surface area contributed by atoms with Gasteiger partial charge in [0.1, 0.15) is 5.82 Å². The molecule has 9 nitrogen and oxygen atoms in total. The fourth-order valence-corrected chi connectivity index (χ4v) is 3.09. The maximum absolute atomic E-state index is 5.64. The van der Waals surface area contributed by atoms with E-state index < -0.39 is 0 Å². The fraction of sp³-hybridized carbons (Fsp3) is 0.250. The maximum atomic E-state index is 5.64. The zero-order chi connectivity index (χ0) is 19.8. The number of ether oxygens (including phenoxy) is 1. The first-order chi connectivity index (χ1) is 14.2. The highest BCUT2D eigenvalue weighted by Gasteiger charge is 2.23. The third-order valence-electron chi connectivity index (χ3n) is 5.04. The molecule has 0 radical (unpaired) electrons. The van der Waals surface area contributed by atoms with Gasteiger partial charge in [0.25, 0.3) is 5.89 Å². The van der Waals surface area contributed by atoms with Crippen molar-refractivity contribution in [1.29, 1.82) is 0 Å². The third-order valence-corrected chi connectivity index (χ3v) is 5.04. The summed E-state index contributed by atoms with van der Waals surface area (Å²) in [5, 5.41) is 8.50. The van der Waals surface area contributed by atoms with Gasteiger partial charge in [0.05, 0.1) is 36.7 Å². The molecule has 0 saturated carbocycles. The molecule has 4 aromatic rings. The summed E-state index contributed by atoms with van der Waals surface area (Å²) in [6, 6.07) is 7.90. The molecule has 1 aliphatic rings. The molecule has 0 aromatic carbocycles. The first-order valence-electron chi connectivity index (χ1n) is 9.31. The van der Waals surface area contributed by atoms with Crippen molar-refractivity contribution in [2.75, 3.05) is 18.9 Å². The Hall–Kier alpha value is -3.59. The summed E-state index contributed by atoms with van der Waals surface area (Å²) >= 11 is 0. The molecular formula is C20H19N7O2. The SMILES string of the molecule is CC(c1ccc(-c2ccc(N)nc2)nc1)c1noc(-c2cnn(C3COC3)c2)n1. The zero-order valence-corrected chi connectivity index (χ0v) is 15.8.